The van der Waals surface area contributed by atoms with E-state index in [1.807, 2.05) is 0 Å². The molecule has 0 N–H and O–H groups in total. The van der Waals surface area contributed by atoms with E-state index in [4.69, 9.17) is 0 Å². The van der Waals surface area contributed by atoms with Crippen molar-refractivity contribution in [3.63, 3.8) is 0 Å². The van der Waals surface area contributed by atoms with Gasteiger partial charge in [-0.3, -0.25) is 0 Å². The van der Waals surface area contributed by atoms with Crippen molar-refractivity contribution in [2.45, 2.75) is 19.8 Å². The van der Waals surface area contributed by atoms with Crippen LogP contribution in [0.4, 0.5) is 5.82 Å². The molecule has 0 radical (unpaired) electrons. The van der Waals surface area contributed by atoms with Gasteiger partial charge in [-0.2, -0.15) is 0 Å². The van der Waals surface area contributed by atoms with Crippen molar-refractivity contribution in [1.29, 1.82) is 0 Å². The van der Waals surface area contributed by atoms with Crippen LogP contribution in [0.3, 0.4) is 0 Å². The van der Waals surface area contributed by atoms with Crippen LogP contribution in [-0.4, -0.2) is 23.6 Å². The van der Waals surface area contributed by atoms with Crippen molar-refractivity contribution in [3.05, 3.63) is 17.6 Å². The topological polar surface area (TPSA) is 29.0 Å². The molecule has 3 nitrogen and oxygen atoms in total. The SMILES string of the molecule is Cc1ncnc2c1CCCN2C. The Labute approximate surface area is 72.4 Å². The zero-order valence-corrected chi connectivity index (χ0v) is 7.54. The number of aromatic nitrogens is 2. The molecule has 2 heterocycles. The summed E-state index contributed by atoms with van der Waals surface area (Å²) in [6, 6.07) is 0. The fourth-order valence-electron chi connectivity index (χ4n) is 1.71. The molecule has 0 saturated heterocycles. The van der Waals surface area contributed by atoms with Gasteiger partial charge in [0, 0.05) is 24.8 Å². The van der Waals surface area contributed by atoms with Crippen LogP contribution < -0.4 is 4.90 Å². The highest BCUT2D eigenvalue weighted by atomic mass is 15.2. The normalized spacial score (nSPS) is 16.0. The second-order valence-corrected chi connectivity index (χ2v) is 3.29. The monoisotopic (exact) mass is 163 g/mol. The number of hydrogen-bond donors (Lipinski definition) is 0. The maximum Gasteiger partial charge on any atom is 0.135 e. The summed E-state index contributed by atoms with van der Waals surface area (Å²) in [6.45, 7) is 3.17. The Morgan fingerprint density at radius 3 is 3.00 bits per heavy atom. The molecule has 64 valence electrons. The molecule has 1 aromatic heterocycles. The van der Waals surface area contributed by atoms with Crippen LogP contribution in [0.25, 0.3) is 0 Å². The fourth-order valence-corrected chi connectivity index (χ4v) is 1.71. The van der Waals surface area contributed by atoms with Gasteiger partial charge >= 0.3 is 0 Å². The third-order valence-corrected chi connectivity index (χ3v) is 2.42. The first-order valence-corrected chi connectivity index (χ1v) is 4.30. The summed E-state index contributed by atoms with van der Waals surface area (Å²) in [5.74, 6) is 1.12. The second-order valence-electron chi connectivity index (χ2n) is 3.29. The molecule has 1 aliphatic rings. The molecule has 12 heavy (non-hydrogen) atoms. The van der Waals surface area contributed by atoms with Crippen molar-refractivity contribution < 1.29 is 0 Å². The lowest BCUT2D eigenvalue weighted by molar-refractivity contribution is 0.717. The van der Waals surface area contributed by atoms with Crippen molar-refractivity contribution in [3.8, 4) is 0 Å². The fraction of sp³-hybridized carbons (Fsp3) is 0.556. The lowest BCUT2D eigenvalue weighted by Crippen LogP contribution is -2.26. The summed E-state index contributed by atoms with van der Waals surface area (Å²) < 4.78 is 0. The van der Waals surface area contributed by atoms with Crippen LogP contribution in [0, 0.1) is 6.92 Å². The lowest BCUT2D eigenvalue weighted by Gasteiger charge is -2.26. The van der Waals surface area contributed by atoms with E-state index in [0.29, 0.717) is 0 Å². The summed E-state index contributed by atoms with van der Waals surface area (Å²) in [4.78, 5) is 10.7. The summed E-state index contributed by atoms with van der Waals surface area (Å²) in [7, 11) is 2.09. The van der Waals surface area contributed by atoms with Gasteiger partial charge in [-0.15, -0.1) is 0 Å². The van der Waals surface area contributed by atoms with Gasteiger partial charge in [0.25, 0.3) is 0 Å². The highest BCUT2D eigenvalue weighted by Gasteiger charge is 2.16. The zero-order valence-electron chi connectivity index (χ0n) is 7.54. The van der Waals surface area contributed by atoms with Gasteiger partial charge in [-0.1, -0.05) is 0 Å². The number of hydrogen-bond acceptors (Lipinski definition) is 3. The van der Waals surface area contributed by atoms with Crippen LogP contribution in [0.15, 0.2) is 6.33 Å². The summed E-state index contributed by atoms with van der Waals surface area (Å²) in [5.41, 5.74) is 2.46. The van der Waals surface area contributed by atoms with Gasteiger partial charge in [0.1, 0.15) is 12.1 Å². The molecular weight excluding hydrogens is 150 g/mol. The van der Waals surface area contributed by atoms with Crippen LogP contribution in [0.5, 0.6) is 0 Å². The molecule has 0 atom stereocenters. The number of fused-ring (bicyclic) bond motifs is 1. The standard InChI is InChI=1S/C9H13N3/c1-7-8-4-3-5-12(2)9(8)11-6-10-7/h6H,3-5H2,1-2H3. The molecule has 0 unspecified atom stereocenters. The molecular formula is C9H13N3. The van der Waals surface area contributed by atoms with Crippen molar-refractivity contribution in [2.75, 3.05) is 18.5 Å². The first-order valence-electron chi connectivity index (χ1n) is 4.30. The molecule has 3 heteroatoms. The minimum atomic E-state index is 1.11. The Balaban J connectivity index is 2.52. The van der Waals surface area contributed by atoms with Gasteiger partial charge in [0.2, 0.25) is 0 Å². The highest BCUT2D eigenvalue weighted by molar-refractivity contribution is 5.49. The van der Waals surface area contributed by atoms with E-state index >= 15 is 0 Å². The number of rotatable bonds is 0. The van der Waals surface area contributed by atoms with E-state index < -0.39 is 0 Å². The smallest absolute Gasteiger partial charge is 0.135 e. The highest BCUT2D eigenvalue weighted by Crippen LogP contribution is 2.24. The van der Waals surface area contributed by atoms with Crippen LogP contribution in [0.1, 0.15) is 17.7 Å². The molecule has 0 saturated carbocycles. The van der Waals surface area contributed by atoms with E-state index in [0.717, 1.165) is 24.5 Å². The lowest BCUT2D eigenvalue weighted by atomic mass is 10.1. The Bertz CT molecular complexity index is 296. The predicted octanol–water partition coefficient (Wildman–Crippen LogP) is 1.17. The van der Waals surface area contributed by atoms with Gasteiger partial charge < -0.3 is 4.90 Å². The molecule has 0 bridgehead atoms. The predicted molar refractivity (Wildman–Crippen MR) is 48.4 cm³/mol. The Hall–Kier alpha value is -1.12. The van der Waals surface area contributed by atoms with E-state index in [1.165, 1.54) is 12.0 Å². The average Bonchev–Trinajstić information content (AvgIpc) is 2.07. The molecule has 2 rings (SSSR count). The quantitative estimate of drug-likeness (QED) is 0.575. The maximum absolute atomic E-state index is 4.28. The molecule has 0 spiro atoms. The van der Waals surface area contributed by atoms with Gasteiger partial charge in [0.05, 0.1) is 0 Å². The maximum atomic E-state index is 4.28. The van der Waals surface area contributed by atoms with E-state index in [2.05, 4.69) is 28.8 Å². The van der Waals surface area contributed by atoms with E-state index in [1.54, 1.807) is 6.33 Å². The third-order valence-electron chi connectivity index (χ3n) is 2.42. The van der Waals surface area contributed by atoms with Gasteiger partial charge in [-0.05, 0) is 19.8 Å². The van der Waals surface area contributed by atoms with E-state index in [-0.39, 0.29) is 0 Å². The van der Waals surface area contributed by atoms with Gasteiger partial charge in [0.15, 0.2) is 0 Å². The number of aryl methyl sites for hydroxylation is 1. The second kappa shape index (κ2) is 2.73. The molecule has 0 aliphatic carbocycles. The van der Waals surface area contributed by atoms with Crippen molar-refractivity contribution in [1.82, 2.24) is 9.97 Å². The van der Waals surface area contributed by atoms with Crippen LogP contribution >= 0.6 is 0 Å². The molecule has 1 aromatic rings. The molecule has 0 aromatic carbocycles. The van der Waals surface area contributed by atoms with Crippen molar-refractivity contribution >= 4 is 5.82 Å². The van der Waals surface area contributed by atoms with E-state index in [9.17, 15) is 0 Å². The summed E-state index contributed by atoms with van der Waals surface area (Å²) >= 11 is 0. The first kappa shape index (κ1) is 7.53. The van der Waals surface area contributed by atoms with Crippen molar-refractivity contribution in [2.24, 2.45) is 0 Å². The Morgan fingerprint density at radius 2 is 2.25 bits per heavy atom. The Kier molecular flexibility index (Phi) is 1.71. The first-order chi connectivity index (χ1) is 5.79. The summed E-state index contributed by atoms with van der Waals surface area (Å²) in [5, 5.41) is 0. The largest absolute Gasteiger partial charge is 0.359 e. The minimum Gasteiger partial charge on any atom is -0.359 e. The van der Waals surface area contributed by atoms with Gasteiger partial charge in [-0.25, -0.2) is 9.97 Å². The molecule has 0 amide bonds. The van der Waals surface area contributed by atoms with Crippen LogP contribution in [0.2, 0.25) is 0 Å². The number of nitrogens with zero attached hydrogens (tertiary/aromatic N) is 3. The molecule has 1 aliphatic heterocycles. The molecule has 0 fully saturated rings. The third kappa shape index (κ3) is 1.05. The Morgan fingerprint density at radius 1 is 1.42 bits per heavy atom. The minimum absolute atomic E-state index is 1.11. The van der Waals surface area contributed by atoms with Crippen LogP contribution in [-0.2, 0) is 6.42 Å². The number of anilines is 1. The average molecular weight is 163 g/mol. The zero-order chi connectivity index (χ0) is 8.55. The summed E-state index contributed by atoms with van der Waals surface area (Å²) in [6.07, 6.45) is 4.00.